The molecule has 1 aromatic carbocycles. The van der Waals surface area contributed by atoms with E-state index in [1.807, 2.05) is 38.1 Å². The predicted octanol–water partition coefficient (Wildman–Crippen LogP) is 2.88. The second kappa shape index (κ2) is 7.80. The third-order valence-electron chi connectivity index (χ3n) is 3.50. The minimum atomic E-state index is -0.149. The predicted molar refractivity (Wildman–Crippen MR) is 99.1 cm³/mol. The van der Waals surface area contributed by atoms with Crippen molar-refractivity contribution < 1.29 is 4.79 Å². The molecule has 0 fully saturated rings. The molecule has 0 saturated heterocycles. The second-order valence-corrected chi connectivity index (χ2v) is 6.59. The van der Waals surface area contributed by atoms with Crippen LogP contribution in [0.4, 0.5) is 5.69 Å². The van der Waals surface area contributed by atoms with Crippen LogP contribution in [-0.2, 0) is 4.79 Å². The van der Waals surface area contributed by atoms with Crippen LogP contribution in [0.3, 0.4) is 0 Å². The lowest BCUT2D eigenvalue weighted by Crippen LogP contribution is -2.14. The molecule has 0 saturated carbocycles. The topological polar surface area (TPSA) is 96.5 Å². The van der Waals surface area contributed by atoms with Crippen LogP contribution in [0, 0.1) is 25.2 Å². The Kier molecular flexibility index (Phi) is 5.29. The van der Waals surface area contributed by atoms with E-state index in [1.165, 1.54) is 11.8 Å². The highest BCUT2D eigenvalue weighted by Gasteiger charge is 2.08. The lowest BCUT2D eigenvalue weighted by atomic mass is 10.2. The number of nitrogens with zero attached hydrogens (tertiary/aromatic N) is 5. The number of hydrogen-bond donors (Lipinski definition) is 1. The second-order valence-electron chi connectivity index (χ2n) is 5.59. The Labute approximate surface area is 155 Å². The van der Waals surface area contributed by atoms with Gasteiger partial charge in [0.25, 0.3) is 0 Å². The molecule has 3 aromatic rings. The Balaban J connectivity index is 1.56. The fourth-order valence-electron chi connectivity index (χ4n) is 2.33. The van der Waals surface area contributed by atoms with Crippen LogP contribution in [-0.4, -0.2) is 31.6 Å². The van der Waals surface area contributed by atoms with Crippen LogP contribution in [0.2, 0.25) is 0 Å². The van der Waals surface area contributed by atoms with Crippen LogP contribution in [0.25, 0.3) is 5.82 Å². The van der Waals surface area contributed by atoms with E-state index in [-0.39, 0.29) is 11.7 Å². The van der Waals surface area contributed by atoms with Crippen LogP contribution in [0.1, 0.15) is 17.0 Å². The van der Waals surface area contributed by atoms with Crippen molar-refractivity contribution >= 4 is 23.4 Å². The van der Waals surface area contributed by atoms with Crippen LogP contribution < -0.4 is 5.32 Å². The SMILES string of the molecule is Cc1cc(C)n(-c2ccc(SCC(=O)Nc3ccc(C#N)cc3)nn2)n1. The number of aromatic nitrogens is 4. The Morgan fingerprint density at radius 3 is 2.54 bits per heavy atom. The first-order valence-corrected chi connectivity index (χ1v) is 8.84. The van der Waals surface area contributed by atoms with E-state index >= 15 is 0 Å². The maximum atomic E-state index is 12.0. The van der Waals surface area contributed by atoms with Gasteiger partial charge in [0.05, 0.1) is 23.1 Å². The summed E-state index contributed by atoms with van der Waals surface area (Å²) in [6.07, 6.45) is 0. The molecule has 1 amide bonds. The Morgan fingerprint density at radius 2 is 1.96 bits per heavy atom. The summed E-state index contributed by atoms with van der Waals surface area (Å²) in [5.41, 5.74) is 3.11. The molecule has 2 aromatic heterocycles. The smallest absolute Gasteiger partial charge is 0.234 e. The first-order valence-electron chi connectivity index (χ1n) is 7.85. The van der Waals surface area contributed by atoms with E-state index in [1.54, 1.807) is 28.9 Å². The number of amides is 1. The van der Waals surface area contributed by atoms with Crippen molar-refractivity contribution in [2.45, 2.75) is 18.9 Å². The Morgan fingerprint density at radius 1 is 1.19 bits per heavy atom. The minimum absolute atomic E-state index is 0.149. The fourth-order valence-corrected chi connectivity index (χ4v) is 2.94. The Bertz CT molecular complexity index is 957. The van der Waals surface area contributed by atoms with Gasteiger partial charge in [0.15, 0.2) is 5.82 Å². The minimum Gasteiger partial charge on any atom is -0.325 e. The summed E-state index contributed by atoms with van der Waals surface area (Å²) in [5.74, 6) is 0.708. The number of benzene rings is 1. The van der Waals surface area contributed by atoms with Gasteiger partial charge in [-0.15, -0.1) is 10.2 Å². The maximum Gasteiger partial charge on any atom is 0.234 e. The largest absolute Gasteiger partial charge is 0.325 e. The molecule has 0 aliphatic carbocycles. The summed E-state index contributed by atoms with van der Waals surface area (Å²) in [4.78, 5) is 12.0. The van der Waals surface area contributed by atoms with Crippen LogP contribution in [0.15, 0.2) is 47.5 Å². The van der Waals surface area contributed by atoms with E-state index in [0.717, 1.165) is 11.4 Å². The number of rotatable bonds is 5. The monoisotopic (exact) mass is 364 g/mol. The molecule has 0 atom stereocenters. The van der Waals surface area contributed by atoms with Crippen LogP contribution >= 0.6 is 11.8 Å². The molecule has 1 N–H and O–H groups in total. The van der Waals surface area contributed by atoms with E-state index in [4.69, 9.17) is 5.26 Å². The fraction of sp³-hybridized carbons (Fsp3) is 0.167. The number of anilines is 1. The molecule has 3 rings (SSSR count). The molecule has 26 heavy (non-hydrogen) atoms. The molecule has 130 valence electrons. The number of hydrogen-bond acceptors (Lipinski definition) is 6. The summed E-state index contributed by atoms with van der Waals surface area (Å²) in [6.45, 7) is 3.88. The number of aryl methyl sites for hydroxylation is 2. The molecule has 8 heteroatoms. The molecule has 0 aliphatic heterocycles. The first kappa shape index (κ1) is 17.6. The van der Waals surface area contributed by atoms with Gasteiger partial charge >= 0.3 is 0 Å². The number of nitrogens with one attached hydrogen (secondary N) is 1. The maximum absolute atomic E-state index is 12.0. The highest BCUT2D eigenvalue weighted by atomic mass is 32.2. The van der Waals surface area contributed by atoms with Crippen molar-refractivity contribution in [2.75, 3.05) is 11.1 Å². The molecule has 0 aliphatic rings. The zero-order valence-electron chi connectivity index (χ0n) is 14.3. The number of carbonyl (C=O) groups excluding carboxylic acids is 1. The quantitative estimate of drug-likeness (QED) is 0.699. The van der Waals surface area contributed by atoms with Crippen LogP contribution in [0.5, 0.6) is 0 Å². The standard InChI is InChI=1S/C18H16N6OS/c1-12-9-13(2)24(23-12)16-7-8-18(22-21-16)26-11-17(25)20-15-5-3-14(10-19)4-6-15/h3-9H,11H2,1-2H3,(H,20,25). The average molecular weight is 364 g/mol. The molecule has 7 nitrogen and oxygen atoms in total. The van der Waals surface area contributed by atoms with E-state index in [2.05, 4.69) is 20.6 Å². The van der Waals surface area contributed by atoms with Gasteiger partial charge in [0.1, 0.15) is 5.03 Å². The molecule has 0 unspecified atom stereocenters. The van der Waals surface area contributed by atoms with Gasteiger partial charge in [0, 0.05) is 11.4 Å². The summed E-state index contributed by atoms with van der Waals surface area (Å²) in [5, 5.41) is 24.9. The molecule has 2 heterocycles. The zero-order valence-corrected chi connectivity index (χ0v) is 15.1. The third-order valence-corrected chi connectivity index (χ3v) is 4.42. The first-order chi connectivity index (χ1) is 12.5. The van der Waals surface area contributed by atoms with E-state index in [9.17, 15) is 4.79 Å². The molecule has 0 spiro atoms. The van der Waals surface area contributed by atoms with Crippen molar-refractivity contribution in [3.63, 3.8) is 0 Å². The molecular weight excluding hydrogens is 348 g/mol. The summed E-state index contributed by atoms with van der Waals surface area (Å²) in [6, 6.07) is 14.4. The lowest BCUT2D eigenvalue weighted by molar-refractivity contribution is -0.113. The number of nitriles is 1. The van der Waals surface area contributed by atoms with Crippen molar-refractivity contribution in [2.24, 2.45) is 0 Å². The Hall–Kier alpha value is -3.18. The summed E-state index contributed by atoms with van der Waals surface area (Å²) in [7, 11) is 0. The summed E-state index contributed by atoms with van der Waals surface area (Å²) < 4.78 is 1.73. The van der Waals surface area contributed by atoms with E-state index < -0.39 is 0 Å². The van der Waals surface area contributed by atoms with Gasteiger partial charge in [-0.1, -0.05) is 11.8 Å². The van der Waals surface area contributed by atoms with E-state index in [0.29, 0.717) is 22.1 Å². The molecule has 0 bridgehead atoms. The van der Waals surface area contributed by atoms with Crippen molar-refractivity contribution in [3.8, 4) is 11.9 Å². The lowest BCUT2D eigenvalue weighted by Gasteiger charge is -2.05. The van der Waals surface area contributed by atoms with Crippen molar-refractivity contribution in [1.82, 2.24) is 20.0 Å². The van der Waals surface area contributed by atoms with Gasteiger partial charge < -0.3 is 5.32 Å². The highest BCUT2D eigenvalue weighted by molar-refractivity contribution is 7.99. The zero-order chi connectivity index (χ0) is 18.5. The number of carbonyl (C=O) groups is 1. The number of thioether (sulfide) groups is 1. The highest BCUT2D eigenvalue weighted by Crippen LogP contribution is 2.17. The van der Waals surface area contributed by atoms with Gasteiger partial charge in [-0.25, -0.2) is 4.68 Å². The molecule has 0 radical (unpaired) electrons. The van der Waals surface area contributed by atoms with Gasteiger partial charge in [-0.3, -0.25) is 4.79 Å². The molecular formula is C18H16N6OS. The van der Waals surface area contributed by atoms with Crippen molar-refractivity contribution in [1.29, 1.82) is 5.26 Å². The normalized spacial score (nSPS) is 10.3. The van der Waals surface area contributed by atoms with Gasteiger partial charge in [0.2, 0.25) is 5.91 Å². The van der Waals surface area contributed by atoms with Gasteiger partial charge in [-0.05, 0) is 56.3 Å². The summed E-state index contributed by atoms with van der Waals surface area (Å²) >= 11 is 1.30. The third kappa shape index (κ3) is 4.26. The van der Waals surface area contributed by atoms with Crippen molar-refractivity contribution in [3.05, 3.63) is 59.4 Å². The average Bonchev–Trinajstić information content (AvgIpc) is 2.99. The van der Waals surface area contributed by atoms with Gasteiger partial charge in [-0.2, -0.15) is 10.4 Å².